The largest absolute Gasteiger partial charge is 0.280 e. The van der Waals surface area contributed by atoms with Gasteiger partial charge < -0.3 is 0 Å². The minimum atomic E-state index is -2.70. The molecule has 0 saturated heterocycles. The topological polar surface area (TPSA) is 36.7 Å². The fourth-order valence-corrected chi connectivity index (χ4v) is 1.43. The summed E-state index contributed by atoms with van der Waals surface area (Å²) in [5, 5.41) is 8.70. The van der Waals surface area contributed by atoms with Crippen LogP contribution in [0.15, 0.2) is 6.07 Å². The Balaban J connectivity index is 3.41. The van der Waals surface area contributed by atoms with Crippen LogP contribution in [0.2, 0.25) is 0 Å². The van der Waals surface area contributed by atoms with Gasteiger partial charge in [0, 0.05) is 11.3 Å². The van der Waals surface area contributed by atoms with E-state index in [1.54, 1.807) is 6.92 Å². The predicted molar refractivity (Wildman–Crippen MR) is 48.2 cm³/mol. The van der Waals surface area contributed by atoms with Gasteiger partial charge in [0.25, 0.3) is 6.43 Å². The van der Waals surface area contributed by atoms with Crippen LogP contribution in [0, 0.1) is 18.3 Å². The monoisotopic (exact) mass is 216 g/mol. The van der Waals surface area contributed by atoms with Crippen molar-refractivity contribution in [3.05, 3.63) is 28.6 Å². The van der Waals surface area contributed by atoms with E-state index in [4.69, 9.17) is 16.9 Å². The van der Waals surface area contributed by atoms with Crippen LogP contribution in [0.4, 0.5) is 8.78 Å². The number of aromatic nitrogens is 1. The molecule has 0 aliphatic rings. The number of halogens is 3. The second-order valence-electron chi connectivity index (χ2n) is 2.72. The zero-order valence-corrected chi connectivity index (χ0v) is 8.15. The first-order valence-electron chi connectivity index (χ1n) is 3.84. The summed E-state index contributed by atoms with van der Waals surface area (Å²) in [5.74, 6) is -0.129. The first kappa shape index (κ1) is 10.9. The number of hydrogen-bond acceptors (Lipinski definition) is 2. The van der Waals surface area contributed by atoms with Gasteiger partial charge in [0.1, 0.15) is 5.69 Å². The van der Waals surface area contributed by atoms with Crippen molar-refractivity contribution in [2.24, 2.45) is 0 Å². The van der Waals surface area contributed by atoms with E-state index in [9.17, 15) is 8.78 Å². The molecular weight excluding hydrogens is 210 g/mol. The lowest BCUT2D eigenvalue weighted by molar-refractivity contribution is 0.145. The summed E-state index contributed by atoms with van der Waals surface area (Å²) >= 11 is 5.49. The first-order valence-corrected chi connectivity index (χ1v) is 4.38. The number of nitriles is 1. The number of alkyl halides is 3. The molecule has 0 aliphatic carbocycles. The van der Waals surface area contributed by atoms with Crippen LogP contribution in [-0.2, 0) is 5.88 Å². The van der Waals surface area contributed by atoms with Crippen molar-refractivity contribution in [1.82, 2.24) is 4.98 Å². The lowest BCUT2D eigenvalue weighted by Gasteiger charge is -2.07. The summed E-state index contributed by atoms with van der Waals surface area (Å²) in [5.41, 5.74) is 0.292. The van der Waals surface area contributed by atoms with Gasteiger partial charge in [-0.3, -0.25) is 4.98 Å². The van der Waals surface area contributed by atoms with E-state index in [2.05, 4.69) is 4.98 Å². The molecule has 0 fully saturated rings. The van der Waals surface area contributed by atoms with E-state index in [1.807, 2.05) is 6.07 Å². The van der Waals surface area contributed by atoms with Gasteiger partial charge in [0.05, 0.1) is 17.5 Å². The lowest BCUT2D eigenvalue weighted by atomic mass is 10.1. The summed E-state index contributed by atoms with van der Waals surface area (Å²) in [4.78, 5) is 3.67. The number of pyridine rings is 1. The van der Waals surface area contributed by atoms with E-state index in [1.165, 1.54) is 6.07 Å². The highest BCUT2D eigenvalue weighted by Gasteiger charge is 2.18. The van der Waals surface area contributed by atoms with Crippen LogP contribution < -0.4 is 0 Å². The minimum Gasteiger partial charge on any atom is -0.252 e. The lowest BCUT2D eigenvalue weighted by Crippen LogP contribution is -2.02. The molecule has 0 bridgehead atoms. The van der Waals surface area contributed by atoms with Crippen LogP contribution in [0.1, 0.15) is 28.9 Å². The van der Waals surface area contributed by atoms with Crippen molar-refractivity contribution in [3.63, 3.8) is 0 Å². The van der Waals surface area contributed by atoms with Gasteiger partial charge in [-0.25, -0.2) is 8.78 Å². The van der Waals surface area contributed by atoms with Crippen LogP contribution in [-0.4, -0.2) is 4.98 Å². The maximum Gasteiger partial charge on any atom is 0.280 e. The number of rotatable bonds is 2. The average Bonchev–Trinajstić information content (AvgIpc) is 2.16. The van der Waals surface area contributed by atoms with Crippen molar-refractivity contribution in [2.45, 2.75) is 19.2 Å². The quantitative estimate of drug-likeness (QED) is 0.713. The fourth-order valence-electron chi connectivity index (χ4n) is 1.14. The molecule has 0 amide bonds. The third-order valence-electron chi connectivity index (χ3n) is 1.75. The highest BCUT2D eigenvalue weighted by atomic mass is 35.5. The van der Waals surface area contributed by atoms with Crippen molar-refractivity contribution in [3.8, 4) is 6.07 Å². The van der Waals surface area contributed by atoms with Crippen molar-refractivity contribution >= 4 is 11.6 Å². The normalized spacial score (nSPS) is 10.3. The van der Waals surface area contributed by atoms with E-state index in [0.717, 1.165) is 0 Å². The summed E-state index contributed by atoms with van der Waals surface area (Å²) < 4.78 is 25.0. The Labute approximate surface area is 85.1 Å². The second kappa shape index (κ2) is 4.34. The Kier molecular flexibility index (Phi) is 3.37. The molecular formula is C9H7ClF2N2. The van der Waals surface area contributed by atoms with Crippen LogP contribution >= 0.6 is 11.6 Å². The minimum absolute atomic E-state index is 0.120. The van der Waals surface area contributed by atoms with Crippen LogP contribution in [0.5, 0.6) is 0 Å². The predicted octanol–water partition coefficient (Wildman–Crippen LogP) is 2.94. The van der Waals surface area contributed by atoms with E-state index in [-0.39, 0.29) is 17.0 Å². The van der Waals surface area contributed by atoms with E-state index >= 15 is 0 Å². The Hall–Kier alpha value is -1.21. The molecule has 0 N–H and O–H groups in total. The smallest absolute Gasteiger partial charge is 0.252 e. The third kappa shape index (κ3) is 1.99. The number of nitrogens with zero attached hydrogens (tertiary/aromatic N) is 2. The zero-order valence-electron chi connectivity index (χ0n) is 7.39. The van der Waals surface area contributed by atoms with Gasteiger partial charge in [-0.2, -0.15) is 5.26 Å². The Bertz CT molecular complexity index is 385. The molecule has 1 aromatic heterocycles. The van der Waals surface area contributed by atoms with E-state index < -0.39 is 12.1 Å². The molecule has 0 saturated carbocycles. The fraction of sp³-hybridized carbons (Fsp3) is 0.333. The van der Waals surface area contributed by atoms with Gasteiger partial charge in [0.2, 0.25) is 0 Å². The van der Waals surface area contributed by atoms with Gasteiger partial charge in [-0.1, -0.05) is 0 Å². The highest BCUT2D eigenvalue weighted by molar-refractivity contribution is 6.17. The van der Waals surface area contributed by atoms with Crippen molar-refractivity contribution in [1.29, 1.82) is 5.26 Å². The number of aryl methyl sites for hydroxylation is 1. The van der Waals surface area contributed by atoms with Gasteiger partial charge in [-0.05, 0) is 13.0 Å². The summed E-state index contributed by atoms with van der Waals surface area (Å²) in [6.07, 6.45) is -2.70. The molecule has 1 rings (SSSR count). The third-order valence-corrected chi connectivity index (χ3v) is 2.01. The molecule has 0 unspecified atom stereocenters. The SMILES string of the molecule is Cc1cc(C#N)c(CCl)c(C(F)F)n1. The Morgan fingerprint density at radius 1 is 1.64 bits per heavy atom. The van der Waals surface area contributed by atoms with Gasteiger partial charge in [-0.15, -0.1) is 11.6 Å². The molecule has 14 heavy (non-hydrogen) atoms. The van der Waals surface area contributed by atoms with Crippen molar-refractivity contribution in [2.75, 3.05) is 0 Å². The molecule has 1 aromatic rings. The van der Waals surface area contributed by atoms with Gasteiger partial charge in [0.15, 0.2) is 0 Å². The highest BCUT2D eigenvalue weighted by Crippen LogP contribution is 2.25. The second-order valence-corrected chi connectivity index (χ2v) is 2.99. The number of hydrogen-bond donors (Lipinski definition) is 0. The molecule has 0 radical (unpaired) electrons. The molecule has 5 heteroatoms. The molecule has 0 atom stereocenters. The van der Waals surface area contributed by atoms with Crippen LogP contribution in [0.3, 0.4) is 0 Å². The Morgan fingerprint density at radius 2 is 2.29 bits per heavy atom. The summed E-state index contributed by atoms with van der Waals surface area (Å²) in [6, 6.07) is 3.27. The molecule has 2 nitrogen and oxygen atoms in total. The maximum atomic E-state index is 12.5. The zero-order chi connectivity index (χ0) is 10.7. The Morgan fingerprint density at radius 3 is 2.71 bits per heavy atom. The summed E-state index contributed by atoms with van der Waals surface area (Å²) in [7, 11) is 0. The van der Waals surface area contributed by atoms with E-state index in [0.29, 0.717) is 5.69 Å². The standard InChI is InChI=1S/C9H7ClF2N2/c1-5-2-6(4-13)7(3-10)8(14-5)9(11)12/h2,9H,3H2,1H3. The molecule has 0 aliphatic heterocycles. The summed E-state index contributed by atoms with van der Waals surface area (Å²) in [6.45, 7) is 1.56. The molecule has 1 heterocycles. The van der Waals surface area contributed by atoms with Crippen molar-refractivity contribution < 1.29 is 8.78 Å². The molecule has 0 spiro atoms. The molecule has 0 aromatic carbocycles. The van der Waals surface area contributed by atoms with Crippen LogP contribution in [0.25, 0.3) is 0 Å². The average molecular weight is 217 g/mol. The van der Waals surface area contributed by atoms with Gasteiger partial charge >= 0.3 is 0 Å². The first-order chi connectivity index (χ1) is 6.60. The maximum absolute atomic E-state index is 12.5. The molecule has 74 valence electrons.